The number of likely N-dealkylation sites (tertiary alicyclic amines) is 1. The Balaban J connectivity index is 2.07. The van der Waals surface area contributed by atoms with Gasteiger partial charge in [-0.25, -0.2) is 0 Å². The van der Waals surface area contributed by atoms with E-state index < -0.39 is 0 Å². The molecule has 0 bridgehead atoms. The van der Waals surface area contributed by atoms with Gasteiger partial charge in [0.25, 0.3) is 0 Å². The van der Waals surface area contributed by atoms with Gasteiger partial charge in [-0.2, -0.15) is 5.26 Å². The van der Waals surface area contributed by atoms with E-state index in [9.17, 15) is 5.11 Å². The Kier molecular flexibility index (Phi) is 5.67. The standard InChI is InChI=1S/C12H22N2O/c1-11(15)12-5-9-14(10-6-12)8-4-2-3-7-13/h11-12,15H,2-6,8-10H2,1H3. The second kappa shape index (κ2) is 6.81. The van der Waals surface area contributed by atoms with E-state index in [2.05, 4.69) is 11.0 Å². The van der Waals surface area contributed by atoms with Gasteiger partial charge < -0.3 is 10.0 Å². The molecule has 1 fully saturated rings. The molecule has 1 rings (SSSR count). The largest absolute Gasteiger partial charge is 0.393 e. The van der Waals surface area contributed by atoms with Crippen LogP contribution in [0.5, 0.6) is 0 Å². The zero-order valence-corrected chi connectivity index (χ0v) is 9.65. The maximum Gasteiger partial charge on any atom is 0.0621 e. The highest BCUT2D eigenvalue weighted by Crippen LogP contribution is 2.20. The molecule has 0 amide bonds. The first kappa shape index (κ1) is 12.5. The first-order valence-electron chi connectivity index (χ1n) is 6.01. The predicted octanol–water partition coefficient (Wildman–Crippen LogP) is 1.77. The summed E-state index contributed by atoms with van der Waals surface area (Å²) in [4.78, 5) is 2.45. The summed E-state index contributed by atoms with van der Waals surface area (Å²) in [7, 11) is 0. The summed E-state index contributed by atoms with van der Waals surface area (Å²) in [6.07, 6.45) is 4.93. The van der Waals surface area contributed by atoms with Crippen LogP contribution in [0, 0.1) is 17.2 Å². The SMILES string of the molecule is CC(O)C1CCN(CCCCC#N)CC1. The molecule has 0 aromatic heterocycles. The van der Waals surface area contributed by atoms with Gasteiger partial charge in [0.2, 0.25) is 0 Å². The van der Waals surface area contributed by atoms with Gasteiger partial charge in [-0.15, -0.1) is 0 Å². The molecule has 86 valence electrons. The minimum absolute atomic E-state index is 0.147. The first-order chi connectivity index (χ1) is 7.24. The van der Waals surface area contributed by atoms with E-state index in [0.717, 1.165) is 45.3 Å². The van der Waals surface area contributed by atoms with E-state index >= 15 is 0 Å². The summed E-state index contributed by atoms with van der Waals surface area (Å²) in [6, 6.07) is 2.18. The van der Waals surface area contributed by atoms with Gasteiger partial charge in [0.1, 0.15) is 0 Å². The number of unbranched alkanes of at least 4 members (excludes halogenated alkanes) is 2. The minimum atomic E-state index is -0.147. The number of piperidine rings is 1. The van der Waals surface area contributed by atoms with Crippen LogP contribution in [-0.4, -0.2) is 35.7 Å². The molecule has 0 saturated carbocycles. The molecule has 0 spiro atoms. The molecule has 3 nitrogen and oxygen atoms in total. The highest BCUT2D eigenvalue weighted by atomic mass is 16.3. The van der Waals surface area contributed by atoms with Crippen molar-refractivity contribution in [1.29, 1.82) is 5.26 Å². The number of hydrogen-bond acceptors (Lipinski definition) is 3. The number of aliphatic hydroxyl groups excluding tert-OH is 1. The van der Waals surface area contributed by atoms with Crippen molar-refractivity contribution in [3.8, 4) is 6.07 Å². The van der Waals surface area contributed by atoms with E-state index in [1.165, 1.54) is 0 Å². The van der Waals surface area contributed by atoms with Crippen LogP contribution in [0.15, 0.2) is 0 Å². The first-order valence-corrected chi connectivity index (χ1v) is 6.01. The van der Waals surface area contributed by atoms with Crippen LogP contribution in [0.25, 0.3) is 0 Å². The zero-order valence-electron chi connectivity index (χ0n) is 9.65. The molecule has 1 unspecified atom stereocenters. The number of aliphatic hydroxyl groups is 1. The van der Waals surface area contributed by atoms with Crippen molar-refractivity contribution < 1.29 is 5.11 Å². The summed E-state index contributed by atoms with van der Waals surface area (Å²) in [5, 5.41) is 17.9. The van der Waals surface area contributed by atoms with Crippen molar-refractivity contribution in [2.24, 2.45) is 5.92 Å². The van der Waals surface area contributed by atoms with Crippen molar-refractivity contribution in [3.05, 3.63) is 0 Å². The van der Waals surface area contributed by atoms with Crippen LogP contribution in [0.4, 0.5) is 0 Å². The monoisotopic (exact) mass is 210 g/mol. The Morgan fingerprint density at radius 1 is 1.40 bits per heavy atom. The summed E-state index contributed by atoms with van der Waals surface area (Å²) in [5.41, 5.74) is 0. The molecule has 3 heteroatoms. The maximum atomic E-state index is 9.45. The normalized spacial score (nSPS) is 21.1. The van der Waals surface area contributed by atoms with E-state index in [4.69, 9.17) is 5.26 Å². The third-order valence-corrected chi connectivity index (χ3v) is 3.33. The molecule has 1 aliphatic heterocycles. The fourth-order valence-corrected chi connectivity index (χ4v) is 2.20. The van der Waals surface area contributed by atoms with Gasteiger partial charge in [-0.1, -0.05) is 0 Å². The van der Waals surface area contributed by atoms with Gasteiger partial charge in [0, 0.05) is 6.42 Å². The number of nitrogens with zero attached hydrogens (tertiary/aromatic N) is 2. The smallest absolute Gasteiger partial charge is 0.0621 e. The van der Waals surface area contributed by atoms with Crippen LogP contribution in [-0.2, 0) is 0 Å². The summed E-state index contributed by atoms with van der Waals surface area (Å²) in [6.45, 7) is 5.24. The molecule has 0 aliphatic carbocycles. The lowest BCUT2D eigenvalue weighted by Gasteiger charge is -2.33. The van der Waals surface area contributed by atoms with Gasteiger partial charge in [0.05, 0.1) is 12.2 Å². The molecule has 1 N–H and O–H groups in total. The molecule has 1 heterocycles. The second-order valence-electron chi connectivity index (χ2n) is 4.53. The molecule has 0 aromatic carbocycles. The molecule has 1 saturated heterocycles. The quantitative estimate of drug-likeness (QED) is 0.703. The molecule has 1 aliphatic rings. The third-order valence-electron chi connectivity index (χ3n) is 3.33. The number of hydrogen-bond donors (Lipinski definition) is 1. The lowest BCUT2D eigenvalue weighted by Crippen LogP contribution is -2.37. The van der Waals surface area contributed by atoms with E-state index in [1.54, 1.807) is 0 Å². The average Bonchev–Trinajstić information content (AvgIpc) is 2.25. The maximum absolute atomic E-state index is 9.45. The van der Waals surface area contributed by atoms with Crippen LogP contribution >= 0.6 is 0 Å². The highest BCUT2D eigenvalue weighted by molar-refractivity contribution is 4.76. The van der Waals surface area contributed by atoms with Crippen molar-refractivity contribution >= 4 is 0 Å². The fourth-order valence-electron chi connectivity index (χ4n) is 2.20. The van der Waals surface area contributed by atoms with Crippen molar-refractivity contribution in [1.82, 2.24) is 4.90 Å². The Hall–Kier alpha value is -0.590. The van der Waals surface area contributed by atoms with Crippen LogP contribution in [0.3, 0.4) is 0 Å². The third kappa shape index (κ3) is 4.63. The Morgan fingerprint density at radius 3 is 2.60 bits per heavy atom. The van der Waals surface area contributed by atoms with Gasteiger partial charge in [0.15, 0.2) is 0 Å². The number of rotatable bonds is 5. The number of nitriles is 1. The van der Waals surface area contributed by atoms with Crippen LogP contribution < -0.4 is 0 Å². The van der Waals surface area contributed by atoms with Crippen LogP contribution in [0.1, 0.15) is 39.0 Å². The topological polar surface area (TPSA) is 47.3 Å². The van der Waals surface area contributed by atoms with E-state index in [0.29, 0.717) is 12.3 Å². The lowest BCUT2D eigenvalue weighted by molar-refractivity contribution is 0.0714. The van der Waals surface area contributed by atoms with Crippen molar-refractivity contribution in [3.63, 3.8) is 0 Å². The summed E-state index contributed by atoms with van der Waals surface area (Å²) >= 11 is 0. The summed E-state index contributed by atoms with van der Waals surface area (Å²) in [5.74, 6) is 0.500. The van der Waals surface area contributed by atoms with E-state index in [1.807, 2.05) is 6.92 Å². The molecule has 15 heavy (non-hydrogen) atoms. The van der Waals surface area contributed by atoms with Crippen LogP contribution in [0.2, 0.25) is 0 Å². The fraction of sp³-hybridized carbons (Fsp3) is 0.917. The van der Waals surface area contributed by atoms with Crippen molar-refractivity contribution in [2.45, 2.75) is 45.1 Å². The van der Waals surface area contributed by atoms with Gasteiger partial charge >= 0.3 is 0 Å². The Morgan fingerprint density at radius 2 is 2.07 bits per heavy atom. The molecule has 0 aromatic rings. The zero-order chi connectivity index (χ0) is 11.1. The van der Waals surface area contributed by atoms with Crippen molar-refractivity contribution in [2.75, 3.05) is 19.6 Å². The predicted molar refractivity (Wildman–Crippen MR) is 60.3 cm³/mol. The molecule has 0 radical (unpaired) electrons. The second-order valence-corrected chi connectivity index (χ2v) is 4.53. The van der Waals surface area contributed by atoms with Gasteiger partial charge in [-0.05, 0) is 58.2 Å². The minimum Gasteiger partial charge on any atom is -0.393 e. The van der Waals surface area contributed by atoms with E-state index in [-0.39, 0.29) is 6.10 Å². The summed E-state index contributed by atoms with van der Waals surface area (Å²) < 4.78 is 0. The van der Waals surface area contributed by atoms with Gasteiger partial charge in [-0.3, -0.25) is 0 Å². The molecule has 1 atom stereocenters. The molecular formula is C12H22N2O. The Bertz CT molecular complexity index is 202. The lowest BCUT2D eigenvalue weighted by atomic mass is 9.92. The Labute approximate surface area is 92.7 Å². The highest BCUT2D eigenvalue weighted by Gasteiger charge is 2.21. The average molecular weight is 210 g/mol. The molecular weight excluding hydrogens is 188 g/mol.